The topological polar surface area (TPSA) is 84.8 Å². The van der Waals surface area contributed by atoms with E-state index in [0.717, 1.165) is 39.0 Å². The van der Waals surface area contributed by atoms with Gasteiger partial charge in [0.1, 0.15) is 0 Å². The first kappa shape index (κ1) is 15.9. The molecule has 1 heterocycles. The van der Waals surface area contributed by atoms with Gasteiger partial charge in [0, 0.05) is 0 Å². The Morgan fingerprint density at radius 1 is 0.500 bits per heavy atom. The Balaban J connectivity index is 2.28. The highest BCUT2D eigenvalue weighted by Crippen LogP contribution is 2.07. The number of nitrogens with one attached hydrogen (secondary N) is 2. The van der Waals surface area contributed by atoms with Crippen molar-refractivity contribution in [1.29, 1.82) is 0 Å². The van der Waals surface area contributed by atoms with E-state index in [1.165, 1.54) is 0 Å². The summed E-state index contributed by atoms with van der Waals surface area (Å²) in [6, 6.07) is 0. The van der Waals surface area contributed by atoms with Crippen LogP contribution in [0.5, 0.6) is 0 Å². The number of aliphatic hydroxyl groups excluding tert-OH is 3. The molecule has 1 aliphatic heterocycles. The number of hydrogen-bond acceptors (Lipinski definition) is 5. The van der Waals surface area contributed by atoms with E-state index in [0.29, 0.717) is 25.7 Å². The van der Waals surface area contributed by atoms with Crippen LogP contribution in [-0.2, 0) is 0 Å². The van der Waals surface area contributed by atoms with Crippen LogP contribution in [0.4, 0.5) is 0 Å². The largest absolute Gasteiger partial charge is 0.393 e. The van der Waals surface area contributed by atoms with E-state index < -0.39 is 0 Å². The molecule has 0 aliphatic carbocycles. The lowest BCUT2D eigenvalue weighted by atomic mass is 10.1. The van der Waals surface area contributed by atoms with Gasteiger partial charge in [-0.3, -0.25) is 0 Å². The molecule has 5 nitrogen and oxygen atoms in total. The predicted octanol–water partition coefficient (Wildman–Crippen LogP) is -0.397. The highest BCUT2D eigenvalue weighted by molar-refractivity contribution is 4.67. The molecule has 0 aromatic heterocycles. The zero-order valence-corrected chi connectivity index (χ0v) is 11.1. The summed E-state index contributed by atoms with van der Waals surface area (Å²) in [4.78, 5) is 0. The van der Waals surface area contributed by atoms with E-state index in [1.807, 2.05) is 0 Å². The molecule has 0 aromatic carbocycles. The smallest absolute Gasteiger partial charge is 0.0564 e. The fourth-order valence-corrected chi connectivity index (χ4v) is 2.14. The predicted molar refractivity (Wildman–Crippen MR) is 71.5 cm³/mol. The Labute approximate surface area is 110 Å². The minimum absolute atomic E-state index is 0.273. The van der Waals surface area contributed by atoms with E-state index >= 15 is 0 Å². The fourth-order valence-electron chi connectivity index (χ4n) is 2.14. The van der Waals surface area contributed by atoms with Crippen LogP contribution in [0.1, 0.15) is 38.5 Å². The molecule has 0 radical (unpaired) electrons. The second kappa shape index (κ2) is 9.69. The lowest BCUT2D eigenvalue weighted by Gasteiger charge is -2.14. The van der Waals surface area contributed by atoms with E-state index in [-0.39, 0.29) is 18.3 Å². The van der Waals surface area contributed by atoms with Gasteiger partial charge in [0.15, 0.2) is 0 Å². The van der Waals surface area contributed by atoms with Crippen LogP contribution in [0.3, 0.4) is 0 Å². The Morgan fingerprint density at radius 3 is 1.11 bits per heavy atom. The van der Waals surface area contributed by atoms with Crippen LogP contribution < -0.4 is 10.6 Å². The van der Waals surface area contributed by atoms with Crippen molar-refractivity contribution in [2.75, 3.05) is 26.2 Å². The molecule has 2 atom stereocenters. The quantitative estimate of drug-likeness (QED) is 0.409. The van der Waals surface area contributed by atoms with Crippen LogP contribution in [0, 0.1) is 0 Å². The summed E-state index contributed by atoms with van der Waals surface area (Å²) in [5.74, 6) is 0. The van der Waals surface area contributed by atoms with Gasteiger partial charge >= 0.3 is 0 Å². The van der Waals surface area contributed by atoms with Crippen molar-refractivity contribution < 1.29 is 15.3 Å². The molecule has 1 saturated heterocycles. The van der Waals surface area contributed by atoms with Gasteiger partial charge in [-0.2, -0.15) is 0 Å². The zero-order valence-electron chi connectivity index (χ0n) is 11.1. The third-order valence-corrected chi connectivity index (χ3v) is 3.45. The zero-order chi connectivity index (χ0) is 13.2. The van der Waals surface area contributed by atoms with Gasteiger partial charge in [0.25, 0.3) is 0 Å². The van der Waals surface area contributed by atoms with Gasteiger partial charge in [0.05, 0.1) is 18.3 Å². The third kappa shape index (κ3) is 8.00. The third-order valence-electron chi connectivity index (χ3n) is 3.45. The lowest BCUT2D eigenvalue weighted by Crippen LogP contribution is -2.26. The maximum absolute atomic E-state index is 9.73. The highest BCUT2D eigenvalue weighted by Gasteiger charge is 2.10. The van der Waals surface area contributed by atoms with Crippen LogP contribution in [0.25, 0.3) is 0 Å². The SMILES string of the molecule is OC1CCNCCC(O)CCC(O)CCNCC1. The van der Waals surface area contributed by atoms with Crippen LogP contribution in [0.2, 0.25) is 0 Å². The normalized spacial score (nSPS) is 34.5. The summed E-state index contributed by atoms with van der Waals surface area (Å²) >= 11 is 0. The monoisotopic (exact) mass is 260 g/mol. The van der Waals surface area contributed by atoms with Crippen molar-refractivity contribution in [2.45, 2.75) is 56.8 Å². The molecule has 18 heavy (non-hydrogen) atoms. The molecule has 0 aromatic rings. The number of rotatable bonds is 0. The van der Waals surface area contributed by atoms with Crippen LogP contribution in [0.15, 0.2) is 0 Å². The van der Waals surface area contributed by atoms with Gasteiger partial charge in [0.2, 0.25) is 0 Å². The lowest BCUT2D eigenvalue weighted by molar-refractivity contribution is 0.104. The second-order valence-corrected chi connectivity index (χ2v) is 5.19. The summed E-state index contributed by atoms with van der Waals surface area (Å²) in [7, 11) is 0. The Bertz CT molecular complexity index is 185. The van der Waals surface area contributed by atoms with E-state index in [4.69, 9.17) is 0 Å². The molecule has 108 valence electrons. The maximum Gasteiger partial charge on any atom is 0.0564 e. The molecule has 5 heteroatoms. The van der Waals surface area contributed by atoms with Crippen molar-refractivity contribution in [3.63, 3.8) is 0 Å². The van der Waals surface area contributed by atoms with E-state index in [9.17, 15) is 15.3 Å². The van der Waals surface area contributed by atoms with Crippen molar-refractivity contribution in [3.8, 4) is 0 Å². The molecule has 0 amide bonds. The average Bonchev–Trinajstić information content (AvgIpc) is 2.35. The maximum atomic E-state index is 9.73. The summed E-state index contributed by atoms with van der Waals surface area (Å²) < 4.78 is 0. The van der Waals surface area contributed by atoms with Gasteiger partial charge in [-0.1, -0.05) is 0 Å². The standard InChI is InChI=1S/C13H28N2O3/c16-11-1-2-12(17)4-8-15-10-6-13(18)5-9-14-7-3-11/h11-18H,1-10H2. The summed E-state index contributed by atoms with van der Waals surface area (Å²) in [5.41, 5.74) is 0. The average molecular weight is 260 g/mol. The Morgan fingerprint density at radius 2 is 0.778 bits per heavy atom. The van der Waals surface area contributed by atoms with Gasteiger partial charge in [-0.05, 0) is 64.7 Å². The molecule has 0 spiro atoms. The first-order valence-corrected chi connectivity index (χ1v) is 7.14. The first-order chi connectivity index (χ1) is 8.68. The van der Waals surface area contributed by atoms with Gasteiger partial charge in [-0.15, -0.1) is 0 Å². The highest BCUT2D eigenvalue weighted by atomic mass is 16.3. The molecule has 0 saturated carbocycles. The molecule has 1 rings (SSSR count). The van der Waals surface area contributed by atoms with Crippen molar-refractivity contribution in [1.82, 2.24) is 10.6 Å². The van der Waals surface area contributed by atoms with Crippen LogP contribution >= 0.6 is 0 Å². The molecule has 1 aliphatic rings. The first-order valence-electron chi connectivity index (χ1n) is 7.14. The van der Waals surface area contributed by atoms with Crippen LogP contribution in [-0.4, -0.2) is 59.8 Å². The summed E-state index contributed by atoms with van der Waals surface area (Å²) in [6.45, 7) is 3.11. The summed E-state index contributed by atoms with van der Waals surface area (Å²) in [5, 5.41) is 35.6. The van der Waals surface area contributed by atoms with Gasteiger partial charge in [-0.25, -0.2) is 0 Å². The molecule has 2 unspecified atom stereocenters. The Hall–Kier alpha value is -0.200. The minimum atomic E-state index is -0.338. The molecule has 5 N–H and O–H groups in total. The van der Waals surface area contributed by atoms with Crippen molar-refractivity contribution in [2.24, 2.45) is 0 Å². The minimum Gasteiger partial charge on any atom is -0.393 e. The molecule has 1 fully saturated rings. The molecule has 0 bridgehead atoms. The summed E-state index contributed by atoms with van der Waals surface area (Å²) in [6.07, 6.45) is 3.29. The van der Waals surface area contributed by atoms with E-state index in [2.05, 4.69) is 10.6 Å². The van der Waals surface area contributed by atoms with Crippen molar-refractivity contribution in [3.05, 3.63) is 0 Å². The number of aliphatic hydroxyl groups is 3. The second-order valence-electron chi connectivity index (χ2n) is 5.19. The van der Waals surface area contributed by atoms with Crippen molar-refractivity contribution >= 4 is 0 Å². The molecular weight excluding hydrogens is 232 g/mol. The van der Waals surface area contributed by atoms with E-state index in [1.54, 1.807) is 0 Å². The fraction of sp³-hybridized carbons (Fsp3) is 1.00. The Kier molecular flexibility index (Phi) is 8.54. The molecular formula is C13H28N2O3. The van der Waals surface area contributed by atoms with Gasteiger partial charge < -0.3 is 26.0 Å². The number of hydrogen-bond donors (Lipinski definition) is 5.